The predicted molar refractivity (Wildman–Crippen MR) is 107 cm³/mol. The van der Waals surface area contributed by atoms with Crippen LogP contribution in [-0.2, 0) is 0 Å². The zero-order chi connectivity index (χ0) is 18.8. The molecule has 1 saturated carbocycles. The quantitative estimate of drug-likeness (QED) is 0.639. The molecule has 3 aromatic rings. The molecular weight excluding hydrogens is 340 g/mol. The van der Waals surface area contributed by atoms with Crippen molar-refractivity contribution in [1.29, 1.82) is 0 Å². The molecule has 2 heterocycles. The Hall–Kier alpha value is -2.80. The maximum Gasteiger partial charge on any atom is 0.177 e. The molecule has 0 unspecified atom stereocenters. The Morgan fingerprint density at radius 3 is 2.85 bits per heavy atom. The summed E-state index contributed by atoms with van der Waals surface area (Å²) in [4.78, 5) is 4.51. The summed E-state index contributed by atoms with van der Waals surface area (Å²) in [7, 11) is 0. The van der Waals surface area contributed by atoms with Crippen molar-refractivity contribution >= 4 is 22.8 Å². The first-order valence-corrected chi connectivity index (χ1v) is 9.54. The van der Waals surface area contributed by atoms with Gasteiger partial charge in [0, 0.05) is 35.8 Å². The number of hydrogen-bond donors (Lipinski definition) is 3. The Kier molecular flexibility index (Phi) is 4.85. The molecule has 0 aliphatic heterocycles. The van der Waals surface area contributed by atoms with E-state index in [4.69, 9.17) is 16.2 Å². The Labute approximate surface area is 158 Å². The van der Waals surface area contributed by atoms with Crippen molar-refractivity contribution in [2.75, 3.05) is 17.7 Å². The SMILES string of the molecule is CCOc1cccc(Nc2c3nccn3nc(N)c2[C@H]2CC[C@H](N)CC2)c1. The molecule has 0 saturated heterocycles. The maximum absolute atomic E-state index is 6.39. The summed E-state index contributed by atoms with van der Waals surface area (Å²) in [6.07, 6.45) is 7.58. The number of imidazole rings is 1. The lowest BCUT2D eigenvalue weighted by Crippen LogP contribution is -2.26. The predicted octanol–water partition coefficient (Wildman–Crippen LogP) is 3.44. The topological polar surface area (TPSA) is 103 Å². The summed E-state index contributed by atoms with van der Waals surface area (Å²) in [5.41, 5.74) is 16.2. The van der Waals surface area contributed by atoms with Crippen LogP contribution in [0.3, 0.4) is 0 Å². The highest BCUT2D eigenvalue weighted by molar-refractivity contribution is 5.81. The van der Waals surface area contributed by atoms with Crippen molar-refractivity contribution in [3.8, 4) is 5.75 Å². The molecule has 1 aliphatic rings. The molecule has 1 aliphatic carbocycles. The minimum Gasteiger partial charge on any atom is -0.494 e. The van der Waals surface area contributed by atoms with Gasteiger partial charge in [0.05, 0.1) is 12.3 Å². The Bertz CT molecular complexity index is 929. The van der Waals surface area contributed by atoms with E-state index in [1.54, 1.807) is 10.7 Å². The fraction of sp³-hybridized carbons (Fsp3) is 0.400. The number of aromatic nitrogens is 3. The van der Waals surface area contributed by atoms with Crippen molar-refractivity contribution in [2.24, 2.45) is 5.73 Å². The highest BCUT2D eigenvalue weighted by Gasteiger charge is 2.27. The van der Waals surface area contributed by atoms with E-state index >= 15 is 0 Å². The fourth-order valence-corrected chi connectivity index (χ4v) is 3.89. The second kappa shape index (κ2) is 7.44. The largest absolute Gasteiger partial charge is 0.494 e. The number of nitrogens with two attached hydrogens (primary N) is 2. The molecule has 0 amide bonds. The van der Waals surface area contributed by atoms with Gasteiger partial charge in [0.1, 0.15) is 11.6 Å². The molecule has 5 N–H and O–H groups in total. The summed E-state index contributed by atoms with van der Waals surface area (Å²) in [5.74, 6) is 1.70. The summed E-state index contributed by atoms with van der Waals surface area (Å²) in [5, 5.41) is 8.05. The van der Waals surface area contributed by atoms with Crippen LogP contribution >= 0.6 is 0 Å². The third-order valence-electron chi connectivity index (χ3n) is 5.20. The van der Waals surface area contributed by atoms with Crippen LogP contribution in [-0.4, -0.2) is 27.2 Å². The van der Waals surface area contributed by atoms with Crippen molar-refractivity contribution < 1.29 is 4.74 Å². The fourth-order valence-electron chi connectivity index (χ4n) is 3.89. The molecule has 4 rings (SSSR count). The number of nitrogens with zero attached hydrogens (tertiary/aromatic N) is 3. The van der Waals surface area contributed by atoms with E-state index in [0.29, 0.717) is 18.3 Å². The first-order valence-electron chi connectivity index (χ1n) is 9.54. The van der Waals surface area contributed by atoms with E-state index in [2.05, 4.69) is 15.4 Å². The number of nitrogens with one attached hydrogen (secondary N) is 1. The van der Waals surface area contributed by atoms with Gasteiger partial charge in [0.15, 0.2) is 5.65 Å². The van der Waals surface area contributed by atoms with Gasteiger partial charge >= 0.3 is 0 Å². The Morgan fingerprint density at radius 1 is 1.26 bits per heavy atom. The number of rotatable bonds is 5. The van der Waals surface area contributed by atoms with Crippen molar-refractivity contribution in [2.45, 2.75) is 44.6 Å². The average molecular weight is 366 g/mol. The lowest BCUT2D eigenvalue weighted by Gasteiger charge is -2.28. The lowest BCUT2D eigenvalue weighted by atomic mass is 9.81. The normalized spacial score (nSPS) is 19.9. The minimum absolute atomic E-state index is 0.282. The lowest BCUT2D eigenvalue weighted by molar-refractivity contribution is 0.340. The highest BCUT2D eigenvalue weighted by Crippen LogP contribution is 2.41. The number of ether oxygens (including phenoxy) is 1. The molecule has 1 aromatic carbocycles. The van der Waals surface area contributed by atoms with Gasteiger partial charge in [-0.05, 0) is 50.7 Å². The van der Waals surface area contributed by atoms with Gasteiger partial charge in [-0.1, -0.05) is 6.07 Å². The van der Waals surface area contributed by atoms with E-state index < -0.39 is 0 Å². The van der Waals surface area contributed by atoms with Gasteiger partial charge in [0.25, 0.3) is 0 Å². The van der Waals surface area contributed by atoms with Crippen LogP contribution < -0.4 is 21.5 Å². The first kappa shape index (κ1) is 17.6. The van der Waals surface area contributed by atoms with Crippen molar-refractivity contribution in [3.63, 3.8) is 0 Å². The van der Waals surface area contributed by atoms with Gasteiger partial charge in [0.2, 0.25) is 0 Å². The first-order chi connectivity index (χ1) is 13.2. The second-order valence-corrected chi connectivity index (χ2v) is 7.07. The average Bonchev–Trinajstić information content (AvgIpc) is 3.12. The van der Waals surface area contributed by atoms with Crippen LogP contribution in [0.15, 0.2) is 36.7 Å². The van der Waals surface area contributed by atoms with E-state index in [1.165, 1.54) is 0 Å². The van der Waals surface area contributed by atoms with Gasteiger partial charge in [-0.2, -0.15) is 0 Å². The van der Waals surface area contributed by atoms with E-state index in [-0.39, 0.29) is 6.04 Å². The number of hydrogen-bond acceptors (Lipinski definition) is 6. The van der Waals surface area contributed by atoms with Gasteiger partial charge in [-0.3, -0.25) is 0 Å². The molecule has 142 valence electrons. The summed E-state index contributed by atoms with van der Waals surface area (Å²) in [6, 6.07) is 8.20. The summed E-state index contributed by atoms with van der Waals surface area (Å²) >= 11 is 0. The van der Waals surface area contributed by atoms with Crippen LogP contribution in [0.4, 0.5) is 17.2 Å². The minimum atomic E-state index is 0.282. The van der Waals surface area contributed by atoms with Crippen LogP contribution in [0.2, 0.25) is 0 Å². The molecule has 0 spiro atoms. The van der Waals surface area contributed by atoms with E-state index in [1.807, 2.05) is 37.4 Å². The molecule has 0 radical (unpaired) electrons. The molecule has 2 aromatic heterocycles. The molecule has 0 bridgehead atoms. The monoisotopic (exact) mass is 366 g/mol. The zero-order valence-electron chi connectivity index (χ0n) is 15.6. The smallest absolute Gasteiger partial charge is 0.177 e. The zero-order valence-corrected chi connectivity index (χ0v) is 15.6. The Morgan fingerprint density at radius 2 is 2.07 bits per heavy atom. The van der Waals surface area contributed by atoms with Crippen LogP contribution in [0.25, 0.3) is 5.65 Å². The molecular formula is C20H26N6O. The molecule has 0 atom stereocenters. The second-order valence-electron chi connectivity index (χ2n) is 7.07. The van der Waals surface area contributed by atoms with Crippen molar-refractivity contribution in [3.05, 3.63) is 42.2 Å². The molecule has 1 fully saturated rings. The highest BCUT2D eigenvalue weighted by atomic mass is 16.5. The summed E-state index contributed by atoms with van der Waals surface area (Å²) in [6.45, 7) is 2.60. The van der Waals surface area contributed by atoms with E-state index in [9.17, 15) is 0 Å². The van der Waals surface area contributed by atoms with Gasteiger partial charge < -0.3 is 21.5 Å². The van der Waals surface area contributed by atoms with Crippen LogP contribution in [0.1, 0.15) is 44.1 Å². The third kappa shape index (κ3) is 3.55. The summed E-state index contributed by atoms with van der Waals surface area (Å²) < 4.78 is 7.35. The third-order valence-corrected chi connectivity index (χ3v) is 5.20. The Balaban J connectivity index is 1.77. The van der Waals surface area contributed by atoms with Crippen LogP contribution in [0, 0.1) is 0 Å². The molecule has 27 heavy (non-hydrogen) atoms. The molecule has 7 heteroatoms. The van der Waals surface area contributed by atoms with E-state index in [0.717, 1.165) is 54.0 Å². The molecule has 7 nitrogen and oxygen atoms in total. The number of fused-ring (bicyclic) bond motifs is 1. The van der Waals surface area contributed by atoms with Crippen LogP contribution in [0.5, 0.6) is 5.75 Å². The van der Waals surface area contributed by atoms with Gasteiger partial charge in [-0.25, -0.2) is 9.50 Å². The number of benzene rings is 1. The van der Waals surface area contributed by atoms with Crippen molar-refractivity contribution in [1.82, 2.24) is 14.6 Å². The maximum atomic E-state index is 6.39. The van der Waals surface area contributed by atoms with Gasteiger partial charge in [-0.15, -0.1) is 5.10 Å². The number of anilines is 3. The standard InChI is InChI=1S/C20H26N6O/c1-2-27-16-5-3-4-15(12-16)24-18-17(13-6-8-14(21)9-7-13)19(22)25-26-11-10-23-20(18)26/h3-5,10-14,24H,2,6-9,21H2,1H3,(H2,22,25)/t13-,14-. The number of nitrogen functional groups attached to an aromatic ring is 1.